The van der Waals surface area contributed by atoms with Crippen LogP contribution in [0.15, 0.2) is 16.7 Å². The molecule has 1 saturated heterocycles. The second-order valence-corrected chi connectivity index (χ2v) is 5.41. The Kier molecular flexibility index (Phi) is 4.40. The molecule has 1 fully saturated rings. The smallest absolute Gasteiger partial charge is 0.143 e. The molecule has 4 heteroatoms. The molecule has 3 nitrogen and oxygen atoms in total. The van der Waals surface area contributed by atoms with Gasteiger partial charge in [-0.15, -0.1) is 0 Å². The number of aromatic nitrogens is 1. The van der Waals surface area contributed by atoms with Gasteiger partial charge in [-0.2, -0.15) is 0 Å². The van der Waals surface area contributed by atoms with Crippen LogP contribution in [0.2, 0.25) is 0 Å². The quantitative estimate of drug-likeness (QED) is 0.928. The molecule has 2 heterocycles. The second-order valence-electron chi connectivity index (χ2n) is 4.62. The summed E-state index contributed by atoms with van der Waals surface area (Å²) in [5.41, 5.74) is 1.22. The third-order valence-electron chi connectivity index (χ3n) is 3.41. The zero-order chi connectivity index (χ0) is 12.3. The van der Waals surface area contributed by atoms with Crippen LogP contribution in [0.5, 0.6) is 0 Å². The van der Waals surface area contributed by atoms with Gasteiger partial charge in [0.15, 0.2) is 0 Å². The molecule has 1 N–H and O–H groups in total. The zero-order valence-corrected chi connectivity index (χ0v) is 11.8. The highest BCUT2D eigenvalue weighted by molar-refractivity contribution is 9.10. The summed E-state index contributed by atoms with van der Waals surface area (Å²) in [5, 5.41) is 8.94. The lowest BCUT2D eigenvalue weighted by molar-refractivity contribution is 0.279. The minimum atomic E-state index is 0.284. The lowest BCUT2D eigenvalue weighted by Gasteiger charge is -2.27. The summed E-state index contributed by atoms with van der Waals surface area (Å²) >= 11 is 3.63. The van der Waals surface area contributed by atoms with E-state index in [1.807, 2.05) is 12.3 Å². The van der Waals surface area contributed by atoms with Crippen LogP contribution in [-0.4, -0.2) is 29.3 Å². The molecular weight excluding hydrogens is 280 g/mol. The van der Waals surface area contributed by atoms with Gasteiger partial charge in [0.25, 0.3) is 0 Å². The summed E-state index contributed by atoms with van der Waals surface area (Å²) in [5.74, 6) is 1.06. The number of aliphatic hydroxyl groups excluding tert-OH is 1. The molecule has 1 aromatic rings. The average Bonchev–Trinajstić information content (AvgIpc) is 2.78. The number of rotatable bonds is 4. The van der Waals surface area contributed by atoms with Gasteiger partial charge in [-0.1, -0.05) is 0 Å². The number of hydrogen-bond acceptors (Lipinski definition) is 3. The Balaban J connectivity index is 2.17. The molecule has 0 spiro atoms. The van der Waals surface area contributed by atoms with E-state index in [0.717, 1.165) is 29.7 Å². The van der Waals surface area contributed by atoms with Crippen molar-refractivity contribution >= 4 is 21.7 Å². The van der Waals surface area contributed by atoms with Crippen molar-refractivity contribution in [3.63, 3.8) is 0 Å². The van der Waals surface area contributed by atoms with E-state index in [1.54, 1.807) is 0 Å². The molecule has 0 aliphatic carbocycles. The van der Waals surface area contributed by atoms with Crippen LogP contribution in [-0.2, 0) is 0 Å². The van der Waals surface area contributed by atoms with Crippen LogP contribution in [0.1, 0.15) is 31.2 Å². The van der Waals surface area contributed by atoms with E-state index < -0.39 is 0 Å². The topological polar surface area (TPSA) is 36.4 Å². The van der Waals surface area contributed by atoms with Crippen molar-refractivity contribution < 1.29 is 5.11 Å². The fourth-order valence-electron chi connectivity index (χ4n) is 2.47. The van der Waals surface area contributed by atoms with Gasteiger partial charge in [0.05, 0.1) is 4.47 Å². The number of aryl methyl sites for hydroxylation is 1. The molecule has 0 radical (unpaired) electrons. The van der Waals surface area contributed by atoms with Gasteiger partial charge < -0.3 is 10.0 Å². The highest BCUT2D eigenvalue weighted by Crippen LogP contribution is 2.33. The highest BCUT2D eigenvalue weighted by atomic mass is 79.9. The molecule has 0 amide bonds. The summed E-state index contributed by atoms with van der Waals surface area (Å²) in [6.07, 6.45) is 6.24. The maximum absolute atomic E-state index is 8.94. The minimum Gasteiger partial charge on any atom is -0.396 e. The third-order valence-corrected chi connectivity index (χ3v) is 4.39. The van der Waals surface area contributed by atoms with Crippen LogP contribution in [0.25, 0.3) is 0 Å². The summed E-state index contributed by atoms with van der Waals surface area (Å²) in [7, 11) is 0. The maximum atomic E-state index is 8.94. The van der Waals surface area contributed by atoms with Crippen LogP contribution in [0.4, 0.5) is 5.82 Å². The predicted octanol–water partition coefficient (Wildman–Crippen LogP) is 2.89. The molecule has 1 aromatic heterocycles. The number of nitrogens with zero attached hydrogens (tertiary/aromatic N) is 2. The Bertz CT molecular complexity index is 384. The number of anilines is 1. The van der Waals surface area contributed by atoms with Crippen molar-refractivity contribution in [1.82, 2.24) is 4.98 Å². The minimum absolute atomic E-state index is 0.284. The van der Waals surface area contributed by atoms with Gasteiger partial charge in [0, 0.05) is 25.4 Å². The van der Waals surface area contributed by atoms with E-state index in [4.69, 9.17) is 5.11 Å². The molecule has 2 rings (SSSR count). The molecular formula is C13H19BrN2O. The van der Waals surface area contributed by atoms with Crippen molar-refractivity contribution in [1.29, 1.82) is 0 Å². The molecule has 94 valence electrons. The zero-order valence-electron chi connectivity index (χ0n) is 10.2. The Morgan fingerprint density at radius 1 is 1.59 bits per heavy atom. The van der Waals surface area contributed by atoms with Crippen LogP contribution < -0.4 is 4.90 Å². The number of hydrogen-bond donors (Lipinski definition) is 1. The first-order chi connectivity index (χ1) is 8.24. The standard InChI is InChI=1S/C13H19BrN2O/c1-10-6-7-15-13(12(10)14)16-8-2-4-11(16)5-3-9-17/h6-7,11,17H,2-5,8-9H2,1H3. The monoisotopic (exact) mass is 298 g/mol. The van der Waals surface area contributed by atoms with Crippen LogP contribution in [0, 0.1) is 6.92 Å². The summed E-state index contributed by atoms with van der Waals surface area (Å²) in [6, 6.07) is 2.56. The van der Waals surface area contributed by atoms with E-state index in [2.05, 4.69) is 32.7 Å². The SMILES string of the molecule is Cc1ccnc(N2CCCC2CCCO)c1Br. The van der Waals surface area contributed by atoms with E-state index in [0.29, 0.717) is 6.04 Å². The van der Waals surface area contributed by atoms with Crippen LogP contribution in [0.3, 0.4) is 0 Å². The van der Waals surface area contributed by atoms with Crippen molar-refractivity contribution in [3.05, 3.63) is 22.3 Å². The Morgan fingerprint density at radius 3 is 3.18 bits per heavy atom. The molecule has 1 unspecified atom stereocenters. The normalized spacial score (nSPS) is 19.9. The predicted molar refractivity (Wildman–Crippen MR) is 73.4 cm³/mol. The fourth-order valence-corrected chi connectivity index (χ4v) is 2.93. The first-order valence-corrected chi connectivity index (χ1v) is 7.02. The molecule has 0 saturated carbocycles. The van der Waals surface area contributed by atoms with Gasteiger partial charge in [-0.3, -0.25) is 0 Å². The Hall–Kier alpha value is -0.610. The summed E-state index contributed by atoms with van der Waals surface area (Å²) in [4.78, 5) is 6.88. The summed E-state index contributed by atoms with van der Waals surface area (Å²) < 4.78 is 1.11. The lowest BCUT2D eigenvalue weighted by Crippen LogP contribution is -2.30. The molecule has 0 bridgehead atoms. The number of halogens is 1. The van der Waals surface area contributed by atoms with Gasteiger partial charge in [-0.05, 0) is 60.2 Å². The fraction of sp³-hybridized carbons (Fsp3) is 0.615. The molecule has 1 aliphatic rings. The largest absolute Gasteiger partial charge is 0.396 e. The third kappa shape index (κ3) is 2.80. The van der Waals surface area contributed by atoms with E-state index in [1.165, 1.54) is 18.4 Å². The second kappa shape index (κ2) is 5.83. The van der Waals surface area contributed by atoms with Gasteiger partial charge >= 0.3 is 0 Å². The van der Waals surface area contributed by atoms with Gasteiger partial charge in [0.2, 0.25) is 0 Å². The van der Waals surface area contributed by atoms with E-state index >= 15 is 0 Å². The Morgan fingerprint density at radius 2 is 2.41 bits per heavy atom. The van der Waals surface area contributed by atoms with Gasteiger partial charge in [0.1, 0.15) is 5.82 Å². The highest BCUT2D eigenvalue weighted by Gasteiger charge is 2.26. The molecule has 17 heavy (non-hydrogen) atoms. The van der Waals surface area contributed by atoms with Gasteiger partial charge in [-0.25, -0.2) is 4.98 Å². The van der Waals surface area contributed by atoms with Crippen molar-refractivity contribution in [2.75, 3.05) is 18.1 Å². The maximum Gasteiger partial charge on any atom is 0.143 e. The first-order valence-electron chi connectivity index (χ1n) is 6.22. The van der Waals surface area contributed by atoms with E-state index in [-0.39, 0.29) is 6.61 Å². The van der Waals surface area contributed by atoms with Crippen LogP contribution >= 0.6 is 15.9 Å². The van der Waals surface area contributed by atoms with Crippen molar-refractivity contribution in [3.8, 4) is 0 Å². The number of pyridine rings is 1. The molecule has 0 aromatic carbocycles. The average molecular weight is 299 g/mol. The Labute approximate surface area is 111 Å². The molecule has 1 atom stereocenters. The van der Waals surface area contributed by atoms with Crippen molar-refractivity contribution in [2.24, 2.45) is 0 Å². The molecule has 1 aliphatic heterocycles. The summed E-state index contributed by atoms with van der Waals surface area (Å²) in [6.45, 7) is 3.45. The van der Waals surface area contributed by atoms with E-state index in [9.17, 15) is 0 Å². The number of aliphatic hydroxyl groups is 1. The lowest BCUT2D eigenvalue weighted by atomic mass is 10.1. The van der Waals surface area contributed by atoms with Crippen molar-refractivity contribution in [2.45, 2.75) is 38.6 Å². The first kappa shape index (κ1) is 12.8.